The average molecular weight is 407 g/mol. The van der Waals surface area contributed by atoms with Gasteiger partial charge in [-0.1, -0.05) is 23.2 Å². The molecule has 1 aliphatic carbocycles. The van der Waals surface area contributed by atoms with Crippen LogP contribution < -0.4 is 10.1 Å². The number of nitrogens with zero attached hydrogens (tertiary/aromatic N) is 2. The number of methoxy groups -OCH3 is 1. The number of ether oxygens (including phenoxy) is 1. The second-order valence-corrected chi connectivity index (χ2v) is 7.21. The molecule has 3 N–H and O–H groups in total. The lowest BCUT2D eigenvalue weighted by Gasteiger charge is -2.19. The number of aliphatic carboxylic acids is 1. The van der Waals surface area contributed by atoms with Crippen molar-refractivity contribution in [3.05, 3.63) is 39.8 Å². The van der Waals surface area contributed by atoms with Crippen molar-refractivity contribution >= 4 is 51.7 Å². The number of carboxylic acids is 1. The highest BCUT2D eigenvalue weighted by atomic mass is 35.5. The minimum Gasteiger partial charge on any atom is -0.495 e. The van der Waals surface area contributed by atoms with Crippen LogP contribution in [0.25, 0.3) is 11.0 Å². The van der Waals surface area contributed by atoms with Crippen LogP contribution in [-0.2, 0) is 17.6 Å². The van der Waals surface area contributed by atoms with Crippen molar-refractivity contribution in [3.63, 3.8) is 0 Å². The molecule has 0 saturated carbocycles. The van der Waals surface area contributed by atoms with Gasteiger partial charge in [0, 0.05) is 11.8 Å². The Hall–Kier alpha value is -2.51. The minimum absolute atomic E-state index is 0.382. The van der Waals surface area contributed by atoms with Gasteiger partial charge in [0.15, 0.2) is 0 Å². The van der Waals surface area contributed by atoms with Gasteiger partial charge in [0.25, 0.3) is 0 Å². The van der Waals surface area contributed by atoms with Crippen molar-refractivity contribution in [2.75, 3.05) is 12.4 Å². The number of aromatic nitrogens is 3. The van der Waals surface area contributed by atoms with Gasteiger partial charge in [-0.3, -0.25) is 4.79 Å². The first-order chi connectivity index (χ1) is 13.0. The lowest BCUT2D eigenvalue weighted by Crippen LogP contribution is -2.21. The number of fused-ring (bicyclic) bond motifs is 3. The van der Waals surface area contributed by atoms with Crippen LogP contribution in [0.2, 0.25) is 10.0 Å². The van der Waals surface area contributed by atoms with Gasteiger partial charge in [-0.25, -0.2) is 9.97 Å². The maximum atomic E-state index is 11.5. The van der Waals surface area contributed by atoms with Crippen LogP contribution in [0.4, 0.5) is 11.5 Å². The highest BCUT2D eigenvalue weighted by molar-refractivity contribution is 6.42. The Bertz CT molecular complexity index is 1050. The smallest absolute Gasteiger partial charge is 0.306 e. The molecule has 4 rings (SSSR count). The quantitative estimate of drug-likeness (QED) is 0.599. The minimum atomic E-state index is -0.785. The molecule has 0 aliphatic heterocycles. The van der Waals surface area contributed by atoms with E-state index in [1.54, 1.807) is 12.1 Å². The summed E-state index contributed by atoms with van der Waals surface area (Å²) in [6, 6.07) is 3.29. The molecule has 0 spiro atoms. The fourth-order valence-electron chi connectivity index (χ4n) is 3.47. The maximum Gasteiger partial charge on any atom is 0.306 e. The zero-order valence-electron chi connectivity index (χ0n) is 14.3. The summed E-state index contributed by atoms with van der Waals surface area (Å²) in [5.41, 5.74) is 3.22. The topological polar surface area (TPSA) is 100 Å². The highest BCUT2D eigenvalue weighted by Gasteiger charge is 2.29. The Kier molecular flexibility index (Phi) is 4.57. The van der Waals surface area contributed by atoms with Crippen molar-refractivity contribution in [2.24, 2.45) is 5.92 Å². The van der Waals surface area contributed by atoms with Crippen LogP contribution >= 0.6 is 23.2 Å². The monoisotopic (exact) mass is 406 g/mol. The second kappa shape index (κ2) is 6.90. The van der Waals surface area contributed by atoms with E-state index in [2.05, 4.69) is 20.3 Å². The number of halogens is 2. The summed E-state index contributed by atoms with van der Waals surface area (Å²) in [4.78, 5) is 23.4. The van der Waals surface area contributed by atoms with E-state index in [4.69, 9.17) is 27.9 Å². The van der Waals surface area contributed by atoms with E-state index in [9.17, 15) is 9.90 Å². The number of carboxylic acid groups (broad SMARTS) is 1. The van der Waals surface area contributed by atoms with Gasteiger partial charge in [0.1, 0.15) is 23.5 Å². The van der Waals surface area contributed by atoms with Gasteiger partial charge in [-0.05, 0) is 30.9 Å². The van der Waals surface area contributed by atoms with Gasteiger partial charge in [-0.2, -0.15) is 0 Å². The van der Waals surface area contributed by atoms with Gasteiger partial charge < -0.3 is 20.1 Å². The molecule has 7 nitrogen and oxygen atoms in total. The Balaban J connectivity index is 1.81. The summed E-state index contributed by atoms with van der Waals surface area (Å²) < 4.78 is 5.37. The first-order valence-corrected chi connectivity index (χ1v) is 9.10. The lowest BCUT2D eigenvalue weighted by atomic mass is 9.86. The first kappa shape index (κ1) is 17.9. The largest absolute Gasteiger partial charge is 0.495 e. The fourth-order valence-corrected chi connectivity index (χ4v) is 3.79. The molecule has 0 radical (unpaired) electrons. The van der Waals surface area contributed by atoms with Crippen molar-refractivity contribution in [1.82, 2.24) is 15.0 Å². The van der Waals surface area contributed by atoms with E-state index in [0.717, 1.165) is 16.6 Å². The van der Waals surface area contributed by atoms with E-state index in [1.807, 2.05) is 0 Å². The van der Waals surface area contributed by atoms with E-state index in [0.29, 0.717) is 52.2 Å². The molecule has 9 heteroatoms. The van der Waals surface area contributed by atoms with Crippen LogP contribution in [0, 0.1) is 5.92 Å². The molecular weight excluding hydrogens is 391 g/mol. The molecule has 1 atom stereocenters. The van der Waals surface area contributed by atoms with E-state index in [1.165, 1.54) is 13.4 Å². The molecule has 0 bridgehead atoms. The normalized spacial score (nSPS) is 16.2. The number of hydrogen-bond donors (Lipinski definition) is 3. The van der Waals surface area contributed by atoms with Crippen molar-refractivity contribution in [1.29, 1.82) is 0 Å². The number of hydrogen-bond acceptors (Lipinski definition) is 5. The van der Waals surface area contributed by atoms with Crippen LogP contribution in [0.3, 0.4) is 0 Å². The number of carbonyl (C=O) groups is 1. The van der Waals surface area contributed by atoms with Crippen molar-refractivity contribution in [2.45, 2.75) is 19.3 Å². The summed E-state index contributed by atoms with van der Waals surface area (Å²) in [6.45, 7) is 0. The predicted molar refractivity (Wildman–Crippen MR) is 103 cm³/mol. The molecule has 140 valence electrons. The van der Waals surface area contributed by atoms with Gasteiger partial charge in [0.05, 0.1) is 34.1 Å². The van der Waals surface area contributed by atoms with E-state index < -0.39 is 11.9 Å². The summed E-state index contributed by atoms with van der Waals surface area (Å²) in [5.74, 6) is -0.124. The van der Waals surface area contributed by atoms with E-state index in [-0.39, 0.29) is 0 Å². The number of H-pyrrole nitrogens is 1. The molecular formula is C18H16Cl2N4O3. The summed E-state index contributed by atoms with van der Waals surface area (Å²) in [5, 5.41) is 14.2. The molecule has 27 heavy (non-hydrogen) atoms. The predicted octanol–water partition coefficient (Wildman–Crippen LogP) is 4.21. The Morgan fingerprint density at radius 2 is 2.11 bits per heavy atom. The Labute approximate surface area is 164 Å². The van der Waals surface area contributed by atoms with Gasteiger partial charge >= 0.3 is 5.97 Å². The zero-order valence-corrected chi connectivity index (χ0v) is 15.9. The average Bonchev–Trinajstić information content (AvgIpc) is 3.03. The molecule has 1 unspecified atom stereocenters. The number of aromatic amines is 1. The van der Waals surface area contributed by atoms with Crippen LogP contribution in [0.1, 0.15) is 17.7 Å². The molecule has 2 heterocycles. The number of nitrogens with one attached hydrogen (secondary N) is 2. The van der Waals surface area contributed by atoms with Crippen molar-refractivity contribution in [3.8, 4) is 5.75 Å². The standard InChI is InChI=1S/C18H16Cl2N4O3/c1-27-14-6-11(20)10(19)5-13(14)24-17-15-9-4-8(18(25)26)2-3-12(9)23-16(15)21-7-22-17/h5-8H,2-4H2,1H3,(H,25,26)(H2,21,22,23,24). The molecule has 0 fully saturated rings. The summed E-state index contributed by atoms with van der Waals surface area (Å²) in [7, 11) is 1.54. The Morgan fingerprint density at radius 1 is 1.33 bits per heavy atom. The first-order valence-electron chi connectivity index (χ1n) is 8.35. The fraction of sp³-hybridized carbons (Fsp3) is 0.278. The third kappa shape index (κ3) is 3.17. The molecule has 3 aromatic rings. The number of aryl methyl sites for hydroxylation is 1. The SMILES string of the molecule is COc1cc(Cl)c(Cl)cc1Nc1ncnc2[nH]c3c(c12)CC(C(=O)O)CC3. The third-order valence-corrected chi connectivity index (χ3v) is 5.54. The number of anilines is 2. The van der Waals surface area contributed by atoms with Crippen molar-refractivity contribution < 1.29 is 14.6 Å². The maximum absolute atomic E-state index is 11.5. The van der Waals surface area contributed by atoms with E-state index >= 15 is 0 Å². The second-order valence-electron chi connectivity index (χ2n) is 6.40. The highest BCUT2D eigenvalue weighted by Crippen LogP contribution is 2.39. The molecule has 0 amide bonds. The van der Waals surface area contributed by atoms with Crippen LogP contribution in [-0.4, -0.2) is 33.1 Å². The van der Waals surface area contributed by atoms with Crippen LogP contribution in [0.5, 0.6) is 5.75 Å². The van der Waals surface area contributed by atoms with Gasteiger partial charge in [-0.15, -0.1) is 0 Å². The molecule has 0 saturated heterocycles. The Morgan fingerprint density at radius 3 is 2.85 bits per heavy atom. The lowest BCUT2D eigenvalue weighted by molar-refractivity contribution is -0.142. The number of rotatable bonds is 4. The number of benzene rings is 1. The molecule has 1 aromatic carbocycles. The zero-order chi connectivity index (χ0) is 19.1. The third-order valence-electron chi connectivity index (χ3n) is 4.82. The molecule has 2 aromatic heterocycles. The van der Waals surface area contributed by atoms with Gasteiger partial charge in [0.2, 0.25) is 0 Å². The van der Waals surface area contributed by atoms with Crippen LogP contribution in [0.15, 0.2) is 18.5 Å². The summed E-state index contributed by atoms with van der Waals surface area (Å²) in [6.07, 6.45) is 3.15. The molecule has 1 aliphatic rings. The summed E-state index contributed by atoms with van der Waals surface area (Å²) >= 11 is 12.2.